The van der Waals surface area contributed by atoms with Crippen molar-refractivity contribution in [2.75, 3.05) is 13.2 Å². The average Bonchev–Trinajstić information content (AvgIpc) is 3.19. The monoisotopic (exact) mass is 343 g/mol. The van der Waals surface area contributed by atoms with Crippen molar-refractivity contribution in [3.05, 3.63) is 35.4 Å². The third-order valence-corrected chi connectivity index (χ3v) is 4.33. The summed E-state index contributed by atoms with van der Waals surface area (Å²) >= 11 is 0. The quantitative estimate of drug-likeness (QED) is 0.903. The number of alkyl halides is 3. The molecule has 1 aliphatic heterocycles. The summed E-state index contributed by atoms with van der Waals surface area (Å²) in [6, 6.07) is 0. The van der Waals surface area contributed by atoms with Crippen LogP contribution in [-0.2, 0) is 31.6 Å². The normalized spacial score (nSPS) is 21.5. The molecule has 2 aromatic rings. The lowest BCUT2D eigenvalue weighted by atomic mass is 9.97. The second-order valence-electron chi connectivity index (χ2n) is 6.04. The van der Waals surface area contributed by atoms with Crippen molar-refractivity contribution in [2.24, 2.45) is 20.0 Å². The summed E-state index contributed by atoms with van der Waals surface area (Å²) in [7, 11) is 3.36. The largest absolute Gasteiger partial charge is 0.419 e. The maximum atomic E-state index is 13.0. The lowest BCUT2D eigenvalue weighted by Crippen LogP contribution is -2.26. The highest BCUT2D eigenvalue weighted by Crippen LogP contribution is 2.34. The topological polar surface area (TPSA) is 56.9 Å². The Morgan fingerprint density at radius 2 is 2.08 bits per heavy atom. The van der Waals surface area contributed by atoms with Crippen molar-refractivity contribution >= 4 is 0 Å². The van der Waals surface area contributed by atoms with Gasteiger partial charge in [-0.05, 0) is 6.42 Å². The van der Waals surface area contributed by atoms with Crippen LogP contribution in [0.2, 0.25) is 0 Å². The third-order valence-electron chi connectivity index (χ3n) is 4.33. The summed E-state index contributed by atoms with van der Waals surface area (Å²) in [5, 5.41) is 11.0. The van der Waals surface area contributed by atoms with E-state index in [0.29, 0.717) is 13.2 Å². The van der Waals surface area contributed by atoms with Crippen LogP contribution in [0, 0.1) is 5.92 Å². The minimum atomic E-state index is -4.39. The molecule has 3 heterocycles. The molecule has 1 N–H and O–H groups in total. The van der Waals surface area contributed by atoms with Crippen LogP contribution < -0.4 is 5.32 Å². The number of ether oxygens (including phenoxy) is 1. The maximum Gasteiger partial charge on any atom is 0.419 e. The smallest absolute Gasteiger partial charge is 0.373 e. The zero-order valence-corrected chi connectivity index (χ0v) is 13.5. The predicted molar refractivity (Wildman–Crippen MR) is 79.9 cm³/mol. The number of aromatic nitrogens is 4. The van der Waals surface area contributed by atoms with Gasteiger partial charge in [-0.1, -0.05) is 0 Å². The molecule has 1 saturated heterocycles. The van der Waals surface area contributed by atoms with E-state index in [4.69, 9.17) is 4.74 Å². The number of nitrogens with one attached hydrogen (secondary N) is 1. The van der Waals surface area contributed by atoms with Crippen LogP contribution in [0.4, 0.5) is 13.2 Å². The van der Waals surface area contributed by atoms with Gasteiger partial charge in [0.1, 0.15) is 0 Å². The fourth-order valence-corrected chi connectivity index (χ4v) is 3.08. The summed E-state index contributed by atoms with van der Waals surface area (Å²) in [4.78, 5) is 0. The van der Waals surface area contributed by atoms with Crippen molar-refractivity contribution in [2.45, 2.75) is 25.2 Å². The molecule has 132 valence electrons. The van der Waals surface area contributed by atoms with E-state index in [2.05, 4.69) is 15.5 Å². The SMILES string of the molecule is Cn1cc([C@@H]2OCC[C@H]2CNCc2c(C(F)(F)F)cnn2C)cn1. The maximum absolute atomic E-state index is 13.0. The number of hydrogen-bond donors (Lipinski definition) is 1. The van der Waals surface area contributed by atoms with Crippen LogP contribution in [0.3, 0.4) is 0 Å². The molecule has 0 bridgehead atoms. The second-order valence-corrected chi connectivity index (χ2v) is 6.04. The third kappa shape index (κ3) is 3.46. The summed E-state index contributed by atoms with van der Waals surface area (Å²) in [6.07, 6.45) is 0.954. The standard InChI is InChI=1S/C15H20F3N5O/c1-22-9-11(6-20-22)14-10(3-4-24-14)5-19-8-13-12(15(16,17)18)7-21-23(13)2/h6-7,9-10,14,19H,3-5,8H2,1-2H3/t10-,14+/m0/s1. The summed E-state index contributed by atoms with van der Waals surface area (Å²) in [6.45, 7) is 1.33. The molecule has 0 aliphatic carbocycles. The lowest BCUT2D eigenvalue weighted by molar-refractivity contribution is -0.138. The van der Waals surface area contributed by atoms with Crippen molar-refractivity contribution in [3.8, 4) is 0 Å². The highest BCUT2D eigenvalue weighted by Gasteiger charge is 2.36. The molecule has 0 saturated carbocycles. The number of nitrogens with zero attached hydrogens (tertiary/aromatic N) is 4. The van der Waals surface area contributed by atoms with E-state index in [-0.39, 0.29) is 24.3 Å². The summed E-state index contributed by atoms with van der Waals surface area (Å²) in [5.74, 6) is 0.205. The molecule has 6 nitrogen and oxygen atoms in total. The van der Waals surface area contributed by atoms with Gasteiger partial charge in [0.25, 0.3) is 0 Å². The number of hydrogen-bond acceptors (Lipinski definition) is 4. The van der Waals surface area contributed by atoms with Crippen molar-refractivity contribution in [3.63, 3.8) is 0 Å². The number of aryl methyl sites for hydroxylation is 2. The highest BCUT2D eigenvalue weighted by atomic mass is 19.4. The van der Waals surface area contributed by atoms with Crippen LogP contribution in [0.5, 0.6) is 0 Å². The van der Waals surface area contributed by atoms with Crippen LogP contribution in [0.25, 0.3) is 0 Å². The Bertz CT molecular complexity index is 694. The van der Waals surface area contributed by atoms with Gasteiger partial charge in [-0.3, -0.25) is 9.36 Å². The Kier molecular flexibility index (Phi) is 4.64. The van der Waals surface area contributed by atoms with Gasteiger partial charge in [-0.2, -0.15) is 23.4 Å². The van der Waals surface area contributed by atoms with Crippen molar-refractivity contribution < 1.29 is 17.9 Å². The first-order chi connectivity index (χ1) is 11.4. The first-order valence-corrected chi connectivity index (χ1v) is 7.75. The highest BCUT2D eigenvalue weighted by molar-refractivity contribution is 5.21. The molecule has 9 heteroatoms. The van der Waals surface area contributed by atoms with E-state index in [9.17, 15) is 13.2 Å². The van der Waals surface area contributed by atoms with E-state index in [0.717, 1.165) is 18.2 Å². The molecule has 3 rings (SSSR count). The second kappa shape index (κ2) is 6.56. The van der Waals surface area contributed by atoms with E-state index in [1.54, 1.807) is 10.9 Å². The molecular weight excluding hydrogens is 323 g/mol. The molecule has 1 aliphatic rings. The van der Waals surface area contributed by atoms with Gasteiger partial charge in [-0.25, -0.2) is 0 Å². The van der Waals surface area contributed by atoms with E-state index in [1.165, 1.54) is 11.7 Å². The van der Waals surface area contributed by atoms with Gasteiger partial charge in [0.2, 0.25) is 0 Å². The van der Waals surface area contributed by atoms with Gasteiger partial charge >= 0.3 is 6.18 Å². The van der Waals surface area contributed by atoms with Gasteiger partial charge in [0.15, 0.2) is 0 Å². The van der Waals surface area contributed by atoms with Crippen LogP contribution in [-0.4, -0.2) is 32.7 Å². The molecule has 0 aromatic carbocycles. The average molecular weight is 343 g/mol. The van der Waals surface area contributed by atoms with Gasteiger partial charge in [0.05, 0.1) is 29.8 Å². The molecule has 2 aromatic heterocycles. The minimum absolute atomic E-state index is 0.0696. The van der Waals surface area contributed by atoms with E-state index >= 15 is 0 Å². The Hall–Kier alpha value is -1.87. The van der Waals surface area contributed by atoms with Gasteiger partial charge < -0.3 is 10.1 Å². The first-order valence-electron chi connectivity index (χ1n) is 7.75. The number of rotatable bonds is 5. The van der Waals surface area contributed by atoms with Crippen LogP contribution in [0.15, 0.2) is 18.6 Å². The minimum Gasteiger partial charge on any atom is -0.373 e. The Morgan fingerprint density at radius 1 is 1.29 bits per heavy atom. The molecule has 0 spiro atoms. The Morgan fingerprint density at radius 3 is 2.75 bits per heavy atom. The van der Waals surface area contributed by atoms with Crippen molar-refractivity contribution in [1.82, 2.24) is 24.9 Å². The molecule has 24 heavy (non-hydrogen) atoms. The van der Waals surface area contributed by atoms with Gasteiger partial charge in [0, 0.05) is 51.5 Å². The molecule has 0 unspecified atom stereocenters. The first kappa shape index (κ1) is 17.0. The lowest BCUT2D eigenvalue weighted by Gasteiger charge is -2.18. The van der Waals surface area contributed by atoms with Crippen molar-refractivity contribution in [1.29, 1.82) is 0 Å². The Balaban J connectivity index is 1.61. The molecule has 0 radical (unpaired) electrons. The zero-order chi connectivity index (χ0) is 17.3. The van der Waals surface area contributed by atoms with E-state index < -0.39 is 11.7 Å². The molecule has 2 atom stereocenters. The Labute approximate surface area is 137 Å². The van der Waals surface area contributed by atoms with Crippen LogP contribution >= 0.6 is 0 Å². The fourth-order valence-electron chi connectivity index (χ4n) is 3.08. The van der Waals surface area contributed by atoms with E-state index in [1.807, 2.05) is 13.2 Å². The van der Waals surface area contributed by atoms with Crippen LogP contribution in [0.1, 0.15) is 29.3 Å². The molecule has 0 amide bonds. The summed E-state index contributed by atoms with van der Waals surface area (Å²) in [5.41, 5.74) is 0.446. The van der Waals surface area contributed by atoms with Gasteiger partial charge in [-0.15, -0.1) is 0 Å². The zero-order valence-electron chi connectivity index (χ0n) is 13.5. The fraction of sp³-hybridized carbons (Fsp3) is 0.600. The summed E-state index contributed by atoms with van der Waals surface area (Å²) < 4.78 is 47.6. The number of halogens is 3. The molecular formula is C15H20F3N5O. The molecule has 1 fully saturated rings. The predicted octanol–water partition coefficient (Wildman–Crippen LogP) is 2.04.